The minimum Gasteiger partial charge on any atom is -0.375 e. The van der Waals surface area contributed by atoms with E-state index in [1.54, 1.807) is 0 Å². The second-order valence-electron chi connectivity index (χ2n) is 4.35. The Balaban J connectivity index is 0.000000531. The van der Waals surface area contributed by atoms with Crippen molar-refractivity contribution in [2.75, 3.05) is 13.1 Å². The van der Waals surface area contributed by atoms with Crippen LogP contribution in [0.2, 0.25) is 0 Å². The van der Waals surface area contributed by atoms with Gasteiger partial charge in [-0.2, -0.15) is 0 Å². The van der Waals surface area contributed by atoms with Crippen molar-refractivity contribution in [2.45, 2.75) is 57.2 Å². The number of ether oxygens (including phenoxy) is 1. The first-order valence-electron chi connectivity index (χ1n) is 6.10. The molecule has 0 unspecified atom stereocenters. The molecule has 2 rings (SSSR count). The molecule has 2 aliphatic rings. The predicted octanol–water partition coefficient (Wildman–Crippen LogP) is 1.90. The first kappa shape index (κ1) is 12.7. The predicted molar refractivity (Wildman–Crippen MR) is 61.0 cm³/mol. The Morgan fingerprint density at radius 2 is 1.40 bits per heavy atom. The molecule has 1 saturated heterocycles. The smallest absolute Gasteiger partial charge is 0.106 e. The second kappa shape index (κ2) is 7.83. The molecule has 1 heterocycles. The van der Waals surface area contributed by atoms with Gasteiger partial charge in [0.15, 0.2) is 0 Å². The van der Waals surface area contributed by atoms with Gasteiger partial charge in [0.1, 0.15) is 6.79 Å². The lowest BCUT2D eigenvalue weighted by atomic mass is 9.97. The standard InChI is InChI=1S/C11H21NO.CH2O/c1-2-4-10(5-3-1)13-11-6-8-12-9-7-11;1-2/h10-12H,1-9H2;1H2. The molecule has 1 aliphatic heterocycles. The van der Waals surface area contributed by atoms with Gasteiger partial charge < -0.3 is 14.8 Å². The highest BCUT2D eigenvalue weighted by molar-refractivity contribution is 5.10. The molecule has 15 heavy (non-hydrogen) atoms. The van der Waals surface area contributed by atoms with Crippen LogP contribution in [0, 0.1) is 0 Å². The summed E-state index contributed by atoms with van der Waals surface area (Å²) in [6.45, 7) is 4.30. The van der Waals surface area contributed by atoms with Gasteiger partial charge in [-0.3, -0.25) is 0 Å². The molecule has 1 N–H and O–H groups in total. The summed E-state index contributed by atoms with van der Waals surface area (Å²) in [4.78, 5) is 8.00. The summed E-state index contributed by atoms with van der Waals surface area (Å²) in [7, 11) is 0. The van der Waals surface area contributed by atoms with Crippen LogP contribution in [-0.2, 0) is 9.53 Å². The lowest BCUT2D eigenvalue weighted by Gasteiger charge is -2.30. The summed E-state index contributed by atoms with van der Waals surface area (Å²) in [6, 6.07) is 0. The Bertz CT molecular complexity index is 136. The number of nitrogens with one attached hydrogen (secondary N) is 1. The Hall–Kier alpha value is -0.410. The zero-order valence-corrected chi connectivity index (χ0v) is 9.54. The SMILES string of the molecule is C1CCC(OC2CCNCC2)CC1.C=O. The number of piperidine rings is 1. The highest BCUT2D eigenvalue weighted by Crippen LogP contribution is 2.23. The normalized spacial score (nSPS) is 24.3. The van der Waals surface area contributed by atoms with Crippen molar-refractivity contribution in [2.24, 2.45) is 0 Å². The maximum Gasteiger partial charge on any atom is 0.106 e. The monoisotopic (exact) mass is 213 g/mol. The van der Waals surface area contributed by atoms with Crippen molar-refractivity contribution in [3.8, 4) is 0 Å². The number of carbonyl (C=O) groups is 1. The van der Waals surface area contributed by atoms with E-state index in [9.17, 15) is 0 Å². The molecule has 0 aromatic carbocycles. The van der Waals surface area contributed by atoms with Gasteiger partial charge in [-0.05, 0) is 38.8 Å². The summed E-state index contributed by atoms with van der Waals surface area (Å²) >= 11 is 0. The molecule has 0 radical (unpaired) electrons. The molecule has 0 amide bonds. The third kappa shape index (κ3) is 4.76. The van der Waals surface area contributed by atoms with Crippen molar-refractivity contribution >= 4 is 6.79 Å². The van der Waals surface area contributed by atoms with E-state index in [1.807, 2.05) is 6.79 Å². The highest BCUT2D eigenvalue weighted by Gasteiger charge is 2.20. The van der Waals surface area contributed by atoms with Gasteiger partial charge >= 0.3 is 0 Å². The minimum absolute atomic E-state index is 0.560. The Labute approximate surface area is 92.6 Å². The number of hydrogen-bond acceptors (Lipinski definition) is 3. The van der Waals surface area contributed by atoms with Crippen LogP contribution in [-0.4, -0.2) is 32.1 Å². The lowest BCUT2D eigenvalue weighted by molar-refractivity contribution is -0.0979. The number of hydrogen-bond donors (Lipinski definition) is 1. The maximum absolute atomic E-state index is 8.00. The molecule has 2 fully saturated rings. The van der Waals surface area contributed by atoms with Crippen molar-refractivity contribution in [1.29, 1.82) is 0 Å². The largest absolute Gasteiger partial charge is 0.375 e. The topological polar surface area (TPSA) is 38.3 Å². The van der Waals surface area contributed by atoms with Crippen LogP contribution < -0.4 is 5.32 Å². The van der Waals surface area contributed by atoms with Crippen molar-refractivity contribution in [1.82, 2.24) is 5.32 Å². The van der Waals surface area contributed by atoms with Crippen LogP contribution in [0.3, 0.4) is 0 Å². The first-order valence-corrected chi connectivity index (χ1v) is 6.10. The van der Waals surface area contributed by atoms with Gasteiger partial charge in [0.25, 0.3) is 0 Å². The molecule has 88 valence electrons. The van der Waals surface area contributed by atoms with Crippen LogP contribution in [0.5, 0.6) is 0 Å². The third-order valence-corrected chi connectivity index (χ3v) is 3.22. The average molecular weight is 213 g/mol. The molecule has 1 aliphatic carbocycles. The Morgan fingerprint density at radius 1 is 0.867 bits per heavy atom. The van der Waals surface area contributed by atoms with E-state index in [0.29, 0.717) is 12.2 Å². The van der Waals surface area contributed by atoms with Gasteiger partial charge in [0.05, 0.1) is 12.2 Å². The molecule has 0 bridgehead atoms. The van der Waals surface area contributed by atoms with E-state index in [4.69, 9.17) is 9.53 Å². The molecule has 0 spiro atoms. The van der Waals surface area contributed by atoms with Gasteiger partial charge in [-0.1, -0.05) is 19.3 Å². The average Bonchev–Trinajstić information content (AvgIpc) is 2.34. The Kier molecular flexibility index (Phi) is 6.60. The highest BCUT2D eigenvalue weighted by atomic mass is 16.5. The Morgan fingerprint density at radius 3 is 2.00 bits per heavy atom. The molecular formula is C12H23NO2. The van der Waals surface area contributed by atoms with Crippen LogP contribution in [0.4, 0.5) is 0 Å². The van der Waals surface area contributed by atoms with Crippen molar-refractivity contribution in [3.63, 3.8) is 0 Å². The van der Waals surface area contributed by atoms with Crippen LogP contribution in [0.25, 0.3) is 0 Å². The summed E-state index contributed by atoms with van der Waals surface area (Å²) < 4.78 is 6.09. The van der Waals surface area contributed by atoms with Crippen molar-refractivity contribution < 1.29 is 9.53 Å². The molecule has 0 aromatic heterocycles. The van der Waals surface area contributed by atoms with Crippen LogP contribution in [0.1, 0.15) is 44.9 Å². The molecular weight excluding hydrogens is 190 g/mol. The van der Waals surface area contributed by atoms with E-state index in [2.05, 4.69) is 5.32 Å². The number of rotatable bonds is 2. The quantitative estimate of drug-likeness (QED) is 0.761. The summed E-state index contributed by atoms with van der Waals surface area (Å²) in [5.41, 5.74) is 0. The second-order valence-corrected chi connectivity index (χ2v) is 4.35. The molecule has 0 aromatic rings. The van der Waals surface area contributed by atoms with Gasteiger partial charge in [0, 0.05) is 0 Å². The third-order valence-electron chi connectivity index (χ3n) is 3.22. The first-order chi connectivity index (χ1) is 7.45. The van der Waals surface area contributed by atoms with E-state index < -0.39 is 0 Å². The fourth-order valence-electron chi connectivity index (χ4n) is 2.40. The van der Waals surface area contributed by atoms with E-state index in [-0.39, 0.29) is 0 Å². The lowest BCUT2D eigenvalue weighted by Crippen LogP contribution is -2.35. The molecule has 3 nitrogen and oxygen atoms in total. The van der Waals surface area contributed by atoms with Crippen LogP contribution >= 0.6 is 0 Å². The zero-order chi connectivity index (χ0) is 10.9. The van der Waals surface area contributed by atoms with Gasteiger partial charge in [0.2, 0.25) is 0 Å². The fraction of sp³-hybridized carbons (Fsp3) is 0.917. The minimum atomic E-state index is 0.560. The van der Waals surface area contributed by atoms with E-state index in [0.717, 1.165) is 13.1 Å². The van der Waals surface area contributed by atoms with Gasteiger partial charge in [-0.15, -0.1) is 0 Å². The number of carbonyl (C=O) groups excluding carboxylic acids is 1. The van der Waals surface area contributed by atoms with Crippen molar-refractivity contribution in [3.05, 3.63) is 0 Å². The molecule has 1 saturated carbocycles. The zero-order valence-electron chi connectivity index (χ0n) is 9.54. The summed E-state index contributed by atoms with van der Waals surface area (Å²) in [6.07, 6.45) is 10.4. The summed E-state index contributed by atoms with van der Waals surface area (Å²) in [5, 5.41) is 3.37. The van der Waals surface area contributed by atoms with Gasteiger partial charge in [-0.25, -0.2) is 0 Å². The summed E-state index contributed by atoms with van der Waals surface area (Å²) in [5.74, 6) is 0. The maximum atomic E-state index is 8.00. The van der Waals surface area contributed by atoms with E-state index in [1.165, 1.54) is 44.9 Å². The van der Waals surface area contributed by atoms with E-state index >= 15 is 0 Å². The van der Waals surface area contributed by atoms with Crippen LogP contribution in [0.15, 0.2) is 0 Å². The molecule has 3 heteroatoms. The molecule has 0 atom stereocenters. The fourth-order valence-corrected chi connectivity index (χ4v) is 2.40.